The molecule has 19 heavy (non-hydrogen) atoms. The van der Waals surface area contributed by atoms with Gasteiger partial charge in [-0.25, -0.2) is 4.39 Å². The van der Waals surface area contributed by atoms with Crippen LogP contribution in [0.2, 0.25) is 0 Å². The van der Waals surface area contributed by atoms with Crippen molar-refractivity contribution in [1.29, 1.82) is 0 Å². The van der Waals surface area contributed by atoms with E-state index in [1.54, 1.807) is 6.61 Å². The number of ether oxygens (including phenoxy) is 3. The first kappa shape index (κ1) is 15.5. The van der Waals surface area contributed by atoms with Gasteiger partial charge in [-0.2, -0.15) is 6.61 Å². The Hall–Kier alpha value is 0.0819. The maximum atomic E-state index is 12.9. The monoisotopic (exact) mass is 489 g/mol. The van der Waals surface area contributed by atoms with E-state index in [-0.39, 0.29) is 37.2 Å². The smallest absolute Gasteiger partial charge is 0.118 e. The van der Waals surface area contributed by atoms with Crippen LogP contribution in [0.4, 0.5) is 4.39 Å². The molecule has 1 unspecified atom stereocenters. The molecule has 102 valence electrons. The molecule has 0 aromatic heterocycles. The number of hydrogen-bond acceptors (Lipinski definition) is 3. The number of halogens is 1. The second-order valence-electron chi connectivity index (χ2n) is 4.82. The molecule has 3 rings (SSSR count). The van der Waals surface area contributed by atoms with Crippen LogP contribution in [0.15, 0.2) is 30.3 Å². The average molecular weight is 489 g/mol. The SMILES string of the molecule is FCC1O[C@H]2[CH-]O[C@]1(COCc1ccccc1)C2.[U]. The second kappa shape index (κ2) is 6.69. The topological polar surface area (TPSA) is 27.7 Å². The van der Waals surface area contributed by atoms with Gasteiger partial charge in [-0.1, -0.05) is 30.3 Å². The van der Waals surface area contributed by atoms with E-state index in [4.69, 9.17) is 14.2 Å². The van der Waals surface area contributed by atoms with E-state index in [0.717, 1.165) is 5.56 Å². The molecule has 1 aromatic rings. The third-order valence-electron chi connectivity index (χ3n) is 3.53. The first-order valence-electron chi connectivity index (χ1n) is 6.17. The number of alkyl halides is 1. The Kier molecular flexibility index (Phi) is 5.45. The minimum absolute atomic E-state index is 0. The summed E-state index contributed by atoms with van der Waals surface area (Å²) in [5.41, 5.74) is 0.483. The Morgan fingerprint density at radius 2 is 2.16 bits per heavy atom. The summed E-state index contributed by atoms with van der Waals surface area (Å²) in [7, 11) is 0. The maximum absolute atomic E-state index is 12.9. The third kappa shape index (κ3) is 3.22. The van der Waals surface area contributed by atoms with Gasteiger partial charge in [0.15, 0.2) is 0 Å². The van der Waals surface area contributed by atoms with Gasteiger partial charge in [0.25, 0.3) is 0 Å². The molecule has 2 saturated heterocycles. The van der Waals surface area contributed by atoms with Crippen molar-refractivity contribution in [3.05, 3.63) is 42.5 Å². The zero-order valence-electron chi connectivity index (χ0n) is 10.5. The molecular weight excluding hydrogens is 473 g/mol. The Balaban J connectivity index is 0.00000133. The molecule has 2 aliphatic rings. The first-order valence-corrected chi connectivity index (χ1v) is 6.17. The summed E-state index contributed by atoms with van der Waals surface area (Å²) < 4.78 is 29.6. The fourth-order valence-electron chi connectivity index (χ4n) is 2.55. The van der Waals surface area contributed by atoms with Gasteiger partial charge in [-0.05, 0) is 18.1 Å². The van der Waals surface area contributed by atoms with Crippen LogP contribution in [0.3, 0.4) is 0 Å². The van der Waals surface area contributed by atoms with Gasteiger partial charge in [0.1, 0.15) is 12.8 Å². The van der Waals surface area contributed by atoms with Gasteiger partial charge < -0.3 is 14.2 Å². The van der Waals surface area contributed by atoms with Crippen LogP contribution in [-0.4, -0.2) is 31.1 Å². The molecule has 1 aromatic carbocycles. The minimum atomic E-state index is -0.617. The first-order chi connectivity index (χ1) is 8.82. The maximum Gasteiger partial charge on any atom is 0.118 e. The van der Waals surface area contributed by atoms with E-state index < -0.39 is 18.4 Å². The van der Waals surface area contributed by atoms with Crippen molar-refractivity contribution < 1.29 is 49.7 Å². The van der Waals surface area contributed by atoms with E-state index in [9.17, 15) is 4.39 Å². The largest absolute Gasteiger partial charge is 0.541 e. The van der Waals surface area contributed by atoms with Crippen molar-refractivity contribution in [3.8, 4) is 0 Å². The van der Waals surface area contributed by atoms with Crippen LogP contribution < -0.4 is 0 Å². The number of fused-ring (bicyclic) bond motifs is 2. The second-order valence-corrected chi connectivity index (χ2v) is 4.82. The molecule has 2 heterocycles. The van der Waals surface area contributed by atoms with Crippen molar-refractivity contribution in [2.75, 3.05) is 13.3 Å². The Labute approximate surface area is 136 Å². The van der Waals surface area contributed by atoms with Crippen molar-refractivity contribution in [2.45, 2.75) is 30.8 Å². The summed E-state index contributed by atoms with van der Waals surface area (Å²) in [5, 5.41) is 0. The summed E-state index contributed by atoms with van der Waals surface area (Å²) in [5.74, 6) is 0. The molecule has 0 amide bonds. The van der Waals surface area contributed by atoms with Crippen molar-refractivity contribution in [3.63, 3.8) is 0 Å². The summed E-state index contributed by atoms with van der Waals surface area (Å²) in [6.07, 6.45) is 0.116. The number of hydrogen-bond donors (Lipinski definition) is 0. The van der Waals surface area contributed by atoms with Gasteiger partial charge >= 0.3 is 0 Å². The van der Waals surface area contributed by atoms with E-state index in [0.29, 0.717) is 19.6 Å². The van der Waals surface area contributed by atoms with E-state index >= 15 is 0 Å². The molecular formula is C14H16FO3U-. The summed E-state index contributed by atoms with van der Waals surface area (Å²) in [4.78, 5) is 0. The number of rotatable bonds is 5. The van der Waals surface area contributed by atoms with E-state index in [1.807, 2.05) is 30.3 Å². The molecule has 3 nitrogen and oxygen atoms in total. The molecule has 2 bridgehead atoms. The Morgan fingerprint density at radius 1 is 1.37 bits per heavy atom. The van der Waals surface area contributed by atoms with Gasteiger partial charge in [0, 0.05) is 31.1 Å². The third-order valence-corrected chi connectivity index (χ3v) is 3.53. The van der Waals surface area contributed by atoms with Crippen LogP contribution in [0.5, 0.6) is 0 Å². The van der Waals surface area contributed by atoms with Crippen LogP contribution in [0.1, 0.15) is 12.0 Å². The number of benzene rings is 1. The standard InChI is InChI=1S/C14H16FO3.U/c15-7-13-14(6-12(18-13)9-17-14)10-16-8-11-4-2-1-3-5-11;/h1-5,9,12-13H,6-8,10H2;/q-1;/t12-,13?,14+;/m1./s1. The van der Waals surface area contributed by atoms with Crippen LogP contribution in [-0.2, 0) is 20.8 Å². The summed E-state index contributed by atoms with van der Waals surface area (Å²) >= 11 is 0. The van der Waals surface area contributed by atoms with Gasteiger partial charge in [-0.3, -0.25) is 0 Å². The fourth-order valence-corrected chi connectivity index (χ4v) is 2.55. The van der Waals surface area contributed by atoms with Gasteiger partial charge in [-0.15, -0.1) is 0 Å². The van der Waals surface area contributed by atoms with Crippen LogP contribution >= 0.6 is 0 Å². The molecule has 0 spiro atoms. The summed E-state index contributed by atoms with van der Waals surface area (Å²) in [6.45, 7) is 2.00. The molecule has 2 aliphatic heterocycles. The molecule has 3 atom stereocenters. The van der Waals surface area contributed by atoms with Crippen molar-refractivity contribution in [2.24, 2.45) is 0 Å². The van der Waals surface area contributed by atoms with Gasteiger partial charge in [0.2, 0.25) is 0 Å². The molecule has 2 fully saturated rings. The van der Waals surface area contributed by atoms with Gasteiger partial charge in [0.05, 0.1) is 18.8 Å². The normalized spacial score (nSPS) is 32.3. The van der Waals surface area contributed by atoms with Crippen molar-refractivity contribution in [1.82, 2.24) is 0 Å². The molecule has 0 radical (unpaired) electrons. The van der Waals surface area contributed by atoms with Crippen molar-refractivity contribution >= 4 is 0 Å². The van der Waals surface area contributed by atoms with E-state index in [1.165, 1.54) is 0 Å². The quantitative estimate of drug-likeness (QED) is 0.595. The molecule has 0 N–H and O–H groups in total. The summed E-state index contributed by atoms with van der Waals surface area (Å²) in [6, 6.07) is 9.90. The Bertz CT molecular complexity index is 403. The molecule has 0 saturated carbocycles. The van der Waals surface area contributed by atoms with Crippen LogP contribution in [0, 0.1) is 37.7 Å². The minimum Gasteiger partial charge on any atom is -0.541 e. The predicted molar refractivity (Wildman–Crippen MR) is 63.5 cm³/mol. The van der Waals surface area contributed by atoms with E-state index in [2.05, 4.69) is 0 Å². The fraction of sp³-hybridized carbons (Fsp3) is 0.500. The van der Waals surface area contributed by atoms with Crippen LogP contribution in [0.25, 0.3) is 0 Å². The molecule has 5 heteroatoms. The predicted octanol–water partition coefficient (Wildman–Crippen LogP) is 2.26. The zero-order valence-corrected chi connectivity index (χ0v) is 14.7. The Morgan fingerprint density at radius 3 is 2.84 bits per heavy atom. The molecule has 0 aliphatic carbocycles. The average Bonchev–Trinajstić information content (AvgIpc) is 2.97. The zero-order chi connectivity index (χ0) is 12.4.